The highest BCUT2D eigenvalue weighted by atomic mass is 127. The number of fused-ring (bicyclic) bond motifs is 2. The van der Waals surface area contributed by atoms with Crippen LogP contribution < -0.4 is 5.32 Å². The van der Waals surface area contributed by atoms with Gasteiger partial charge >= 0.3 is 6.09 Å². The number of carbonyl (C=O) groups is 2. The molecule has 1 aromatic rings. The van der Waals surface area contributed by atoms with E-state index in [9.17, 15) is 9.59 Å². The van der Waals surface area contributed by atoms with Crippen LogP contribution in [0.3, 0.4) is 0 Å². The van der Waals surface area contributed by atoms with Crippen LogP contribution in [0.1, 0.15) is 39.2 Å². The van der Waals surface area contributed by atoms with E-state index < -0.39 is 11.0 Å². The predicted molar refractivity (Wildman–Crippen MR) is 102 cm³/mol. The van der Waals surface area contributed by atoms with E-state index in [1.165, 1.54) is 0 Å². The topological polar surface area (TPSA) is 58.6 Å². The fourth-order valence-corrected chi connectivity index (χ4v) is 4.49. The Hall–Kier alpha value is -1.02. The van der Waals surface area contributed by atoms with E-state index in [1.54, 1.807) is 4.90 Å². The van der Waals surface area contributed by atoms with Crippen molar-refractivity contribution in [3.05, 3.63) is 26.3 Å². The second-order valence-electron chi connectivity index (χ2n) is 7.31. The van der Waals surface area contributed by atoms with Gasteiger partial charge in [-0.2, -0.15) is 0 Å². The summed E-state index contributed by atoms with van der Waals surface area (Å²) in [5.74, 6) is 0.00141. The molecule has 2 heterocycles. The minimum Gasteiger partial charge on any atom is -0.444 e. The molecule has 0 unspecified atom stereocenters. The number of nitrogens with one attached hydrogen (secondary N) is 1. The maximum absolute atomic E-state index is 12.7. The highest BCUT2D eigenvalue weighted by Crippen LogP contribution is 2.47. The normalized spacial score (nSPS) is 19.2. The number of ether oxygens (including phenoxy) is 1. The van der Waals surface area contributed by atoms with E-state index in [0.29, 0.717) is 31.0 Å². The van der Waals surface area contributed by atoms with Crippen molar-refractivity contribution >= 4 is 51.9 Å². The zero-order valence-electron chi connectivity index (χ0n) is 13.9. The number of anilines is 1. The van der Waals surface area contributed by atoms with Crippen LogP contribution in [0.25, 0.3) is 0 Å². The number of amides is 2. The average Bonchev–Trinajstić information content (AvgIpc) is 2.72. The third-order valence-electron chi connectivity index (χ3n) is 4.51. The largest absolute Gasteiger partial charge is 0.444 e. The summed E-state index contributed by atoms with van der Waals surface area (Å²) in [5.41, 5.74) is 0.690. The van der Waals surface area contributed by atoms with Crippen molar-refractivity contribution in [3.8, 4) is 0 Å². The van der Waals surface area contributed by atoms with Gasteiger partial charge in [0.15, 0.2) is 0 Å². The molecule has 24 heavy (non-hydrogen) atoms. The number of likely N-dealkylation sites (tertiary alicyclic amines) is 1. The summed E-state index contributed by atoms with van der Waals surface area (Å²) in [6.45, 7) is 6.53. The second kappa shape index (κ2) is 6.05. The molecular formula is C17H20ClIN2O3. The van der Waals surface area contributed by atoms with Gasteiger partial charge in [-0.1, -0.05) is 11.6 Å². The second-order valence-corrected chi connectivity index (χ2v) is 8.91. The molecule has 1 N–H and O–H groups in total. The molecule has 0 aromatic heterocycles. The van der Waals surface area contributed by atoms with Crippen LogP contribution in [0.2, 0.25) is 5.02 Å². The Morgan fingerprint density at radius 3 is 2.54 bits per heavy atom. The molecule has 2 amide bonds. The maximum Gasteiger partial charge on any atom is 0.410 e. The van der Waals surface area contributed by atoms with Gasteiger partial charge < -0.3 is 15.0 Å². The van der Waals surface area contributed by atoms with Gasteiger partial charge in [0.05, 0.1) is 11.1 Å². The molecule has 2 aliphatic heterocycles. The highest BCUT2D eigenvalue weighted by molar-refractivity contribution is 14.1. The number of rotatable bonds is 0. The summed E-state index contributed by atoms with van der Waals surface area (Å²) in [6, 6.07) is 3.72. The van der Waals surface area contributed by atoms with E-state index in [2.05, 4.69) is 27.9 Å². The zero-order valence-corrected chi connectivity index (χ0v) is 16.8. The smallest absolute Gasteiger partial charge is 0.410 e. The Bertz CT molecular complexity index is 707. The van der Waals surface area contributed by atoms with Gasteiger partial charge in [0.25, 0.3) is 0 Å². The third-order valence-corrected chi connectivity index (χ3v) is 5.58. The number of halogens is 2. The first-order valence-corrected chi connectivity index (χ1v) is 9.37. The van der Waals surface area contributed by atoms with E-state index in [1.807, 2.05) is 32.9 Å². The predicted octanol–water partition coefficient (Wildman–Crippen LogP) is 4.17. The van der Waals surface area contributed by atoms with Gasteiger partial charge in [-0.05, 0) is 73.9 Å². The molecule has 130 valence electrons. The van der Waals surface area contributed by atoms with Crippen LogP contribution >= 0.6 is 34.2 Å². The van der Waals surface area contributed by atoms with Crippen LogP contribution in [-0.4, -0.2) is 35.6 Å². The molecule has 0 saturated carbocycles. The average molecular weight is 463 g/mol. The SMILES string of the molecule is CC(C)(C)OC(=O)N1CCC2(CC1)C(=O)Nc1c(I)cc(Cl)cc12. The Labute approximate surface area is 160 Å². The maximum atomic E-state index is 12.7. The molecule has 0 bridgehead atoms. The molecule has 1 fully saturated rings. The zero-order chi connectivity index (χ0) is 17.7. The molecule has 1 aromatic carbocycles. The molecule has 5 nitrogen and oxygen atoms in total. The van der Waals surface area contributed by atoms with Crippen molar-refractivity contribution in [2.75, 3.05) is 18.4 Å². The van der Waals surface area contributed by atoms with Gasteiger partial charge in [0.2, 0.25) is 5.91 Å². The number of hydrogen-bond acceptors (Lipinski definition) is 3. The van der Waals surface area contributed by atoms with E-state index in [0.717, 1.165) is 14.8 Å². The first-order chi connectivity index (χ1) is 11.1. The van der Waals surface area contributed by atoms with Gasteiger partial charge in [-0.25, -0.2) is 4.79 Å². The molecular weight excluding hydrogens is 443 g/mol. The molecule has 0 radical (unpaired) electrons. The van der Waals surface area contributed by atoms with E-state index >= 15 is 0 Å². The van der Waals surface area contributed by atoms with Crippen molar-refractivity contribution in [1.29, 1.82) is 0 Å². The summed E-state index contributed by atoms with van der Waals surface area (Å²) in [6.07, 6.45) is 0.819. The van der Waals surface area contributed by atoms with Crippen LogP contribution in [-0.2, 0) is 14.9 Å². The fourth-order valence-electron chi connectivity index (χ4n) is 3.33. The quantitative estimate of drug-likeness (QED) is 0.589. The fraction of sp³-hybridized carbons (Fsp3) is 0.529. The van der Waals surface area contributed by atoms with Crippen molar-refractivity contribution in [3.63, 3.8) is 0 Å². The lowest BCUT2D eigenvalue weighted by atomic mass is 9.74. The Morgan fingerprint density at radius 2 is 1.96 bits per heavy atom. The van der Waals surface area contributed by atoms with Crippen LogP contribution in [0.5, 0.6) is 0 Å². The number of benzene rings is 1. The molecule has 1 spiro atoms. The monoisotopic (exact) mass is 462 g/mol. The molecule has 0 aliphatic carbocycles. The van der Waals surface area contributed by atoms with Gasteiger partial charge in [0.1, 0.15) is 5.60 Å². The van der Waals surface area contributed by atoms with E-state index in [4.69, 9.17) is 16.3 Å². The van der Waals surface area contributed by atoms with Gasteiger partial charge in [-0.15, -0.1) is 0 Å². The van der Waals surface area contributed by atoms with Gasteiger partial charge in [-0.3, -0.25) is 4.79 Å². The minimum absolute atomic E-state index is 0.00141. The van der Waals surface area contributed by atoms with Crippen LogP contribution in [0, 0.1) is 3.57 Å². The number of carbonyl (C=O) groups excluding carboxylic acids is 2. The van der Waals surface area contributed by atoms with Crippen molar-refractivity contribution in [1.82, 2.24) is 4.90 Å². The lowest BCUT2D eigenvalue weighted by Gasteiger charge is -2.38. The summed E-state index contributed by atoms with van der Waals surface area (Å²) < 4.78 is 6.37. The summed E-state index contributed by atoms with van der Waals surface area (Å²) in [5, 5.41) is 3.62. The molecule has 0 atom stereocenters. The van der Waals surface area contributed by atoms with Crippen molar-refractivity contribution in [2.24, 2.45) is 0 Å². The molecule has 7 heteroatoms. The Kier molecular flexibility index (Phi) is 4.49. The van der Waals surface area contributed by atoms with Gasteiger partial charge in [0, 0.05) is 21.7 Å². The lowest BCUT2D eigenvalue weighted by molar-refractivity contribution is -0.122. The lowest BCUT2D eigenvalue weighted by Crippen LogP contribution is -2.49. The minimum atomic E-state index is -0.599. The molecule has 2 aliphatic rings. The summed E-state index contributed by atoms with van der Waals surface area (Å²) >= 11 is 8.39. The summed E-state index contributed by atoms with van der Waals surface area (Å²) in [4.78, 5) is 26.6. The number of hydrogen-bond donors (Lipinski definition) is 1. The Balaban J connectivity index is 1.82. The first kappa shape index (κ1) is 17.8. The standard InChI is InChI=1S/C17H20ClIN2O3/c1-16(2,3)24-15(23)21-6-4-17(5-7-21)11-8-10(18)9-12(19)13(11)20-14(17)22/h8-9H,4-7H2,1-3H3,(H,20,22). The summed E-state index contributed by atoms with van der Waals surface area (Å²) in [7, 11) is 0. The Morgan fingerprint density at radius 1 is 1.33 bits per heavy atom. The van der Waals surface area contributed by atoms with Crippen molar-refractivity contribution in [2.45, 2.75) is 44.6 Å². The van der Waals surface area contributed by atoms with Crippen molar-refractivity contribution < 1.29 is 14.3 Å². The van der Waals surface area contributed by atoms with Crippen LogP contribution in [0.4, 0.5) is 10.5 Å². The molecule has 3 rings (SSSR count). The number of piperidine rings is 1. The highest BCUT2D eigenvalue weighted by Gasteiger charge is 2.50. The molecule has 1 saturated heterocycles. The van der Waals surface area contributed by atoms with Crippen LogP contribution in [0.15, 0.2) is 12.1 Å². The first-order valence-electron chi connectivity index (χ1n) is 7.91. The van der Waals surface area contributed by atoms with E-state index in [-0.39, 0.29) is 12.0 Å². The third kappa shape index (κ3) is 3.10. The number of nitrogens with zero attached hydrogens (tertiary/aromatic N) is 1.